The minimum absolute atomic E-state index is 0.0351. The van der Waals surface area contributed by atoms with Gasteiger partial charge in [0.1, 0.15) is 10.6 Å². The molecule has 0 aliphatic carbocycles. The number of hydrogen-bond acceptors (Lipinski definition) is 5. The van der Waals surface area contributed by atoms with E-state index in [9.17, 15) is 9.59 Å². The van der Waals surface area contributed by atoms with E-state index in [0.29, 0.717) is 10.6 Å². The van der Waals surface area contributed by atoms with Crippen molar-refractivity contribution in [2.45, 2.75) is 26.8 Å². The molecule has 0 fully saturated rings. The van der Waals surface area contributed by atoms with Crippen molar-refractivity contribution in [3.05, 3.63) is 76.7 Å². The largest absolute Gasteiger partial charge is 0.462 e. The van der Waals surface area contributed by atoms with Crippen molar-refractivity contribution >= 4 is 28.2 Å². The molecule has 0 aliphatic heterocycles. The topological polar surface area (TPSA) is 67.4 Å². The molecule has 30 heavy (non-hydrogen) atoms. The van der Waals surface area contributed by atoms with Gasteiger partial charge in [-0.05, 0) is 31.9 Å². The quantitative estimate of drug-likeness (QED) is 0.490. The number of anilines is 1. The summed E-state index contributed by atoms with van der Waals surface area (Å²) in [6, 6.07) is 17.9. The Morgan fingerprint density at radius 1 is 1.07 bits per heavy atom. The minimum atomic E-state index is -0.435. The predicted molar refractivity (Wildman–Crippen MR) is 122 cm³/mol. The summed E-state index contributed by atoms with van der Waals surface area (Å²) in [6.07, 6.45) is 0. The van der Waals surface area contributed by atoms with Gasteiger partial charge in [0, 0.05) is 17.0 Å². The molecule has 6 heteroatoms. The first-order valence-corrected chi connectivity index (χ1v) is 10.8. The molecule has 1 heterocycles. The van der Waals surface area contributed by atoms with Crippen LogP contribution in [0.1, 0.15) is 41.4 Å². The number of hydrogen-bond donors (Lipinski definition) is 2. The predicted octanol–water partition coefficient (Wildman–Crippen LogP) is 5.19. The Hall–Kier alpha value is -2.96. The molecule has 3 rings (SSSR count). The number of carbonyl (C=O) groups is 2. The zero-order chi connectivity index (χ0) is 21.5. The molecule has 1 atom stereocenters. The van der Waals surface area contributed by atoms with Gasteiger partial charge in [-0.1, -0.05) is 60.2 Å². The average Bonchev–Trinajstić information content (AvgIpc) is 3.17. The molecule has 1 amide bonds. The number of rotatable bonds is 8. The molecule has 1 unspecified atom stereocenters. The van der Waals surface area contributed by atoms with Crippen LogP contribution in [0.25, 0.3) is 11.1 Å². The SMILES string of the molecule is CCOC(=O)c1c(-c2ccc(C)cc2)csc1NC(=O)CNC(C)c1ccccc1. The molecule has 2 aromatic carbocycles. The van der Waals surface area contributed by atoms with Crippen LogP contribution in [0.3, 0.4) is 0 Å². The summed E-state index contributed by atoms with van der Waals surface area (Å²) >= 11 is 1.33. The summed E-state index contributed by atoms with van der Waals surface area (Å²) in [5, 5.41) is 8.47. The van der Waals surface area contributed by atoms with Crippen LogP contribution >= 0.6 is 11.3 Å². The molecule has 0 saturated heterocycles. The van der Waals surface area contributed by atoms with Gasteiger partial charge in [-0.15, -0.1) is 11.3 Å². The fraction of sp³-hybridized carbons (Fsp3) is 0.250. The first-order valence-electron chi connectivity index (χ1n) is 9.93. The monoisotopic (exact) mass is 422 g/mol. The third kappa shape index (κ3) is 5.34. The van der Waals surface area contributed by atoms with Crippen LogP contribution in [0.4, 0.5) is 5.00 Å². The maximum atomic E-state index is 12.6. The van der Waals surface area contributed by atoms with Gasteiger partial charge < -0.3 is 15.4 Å². The van der Waals surface area contributed by atoms with Crippen molar-refractivity contribution in [2.75, 3.05) is 18.5 Å². The highest BCUT2D eigenvalue weighted by molar-refractivity contribution is 7.15. The summed E-state index contributed by atoms with van der Waals surface area (Å²) < 4.78 is 5.25. The van der Waals surface area contributed by atoms with Crippen molar-refractivity contribution in [3.63, 3.8) is 0 Å². The van der Waals surface area contributed by atoms with Gasteiger partial charge in [0.25, 0.3) is 0 Å². The Kier molecular flexibility index (Phi) is 7.38. The molecule has 0 saturated carbocycles. The number of nitrogens with one attached hydrogen (secondary N) is 2. The van der Waals surface area contributed by atoms with Gasteiger partial charge in [0.15, 0.2) is 0 Å². The lowest BCUT2D eigenvalue weighted by molar-refractivity contribution is -0.115. The van der Waals surface area contributed by atoms with Gasteiger partial charge in [-0.25, -0.2) is 4.79 Å². The number of aryl methyl sites for hydroxylation is 1. The average molecular weight is 423 g/mol. The molecule has 0 aliphatic rings. The van der Waals surface area contributed by atoms with E-state index in [4.69, 9.17) is 4.74 Å². The van der Waals surface area contributed by atoms with E-state index in [0.717, 1.165) is 22.3 Å². The van der Waals surface area contributed by atoms with Gasteiger partial charge in [0.05, 0.1) is 13.2 Å². The maximum Gasteiger partial charge on any atom is 0.341 e. The Morgan fingerprint density at radius 2 is 1.77 bits per heavy atom. The second-order valence-corrected chi connectivity index (χ2v) is 7.88. The Bertz CT molecular complexity index is 997. The van der Waals surface area contributed by atoms with Crippen LogP contribution in [0.2, 0.25) is 0 Å². The maximum absolute atomic E-state index is 12.6. The van der Waals surface area contributed by atoms with Gasteiger partial charge in [-0.2, -0.15) is 0 Å². The molecule has 0 spiro atoms. The number of esters is 1. The molecule has 3 aromatic rings. The number of benzene rings is 2. The van der Waals surface area contributed by atoms with E-state index >= 15 is 0 Å². The Balaban J connectivity index is 1.75. The van der Waals surface area contributed by atoms with Crippen molar-refractivity contribution in [2.24, 2.45) is 0 Å². The second-order valence-electron chi connectivity index (χ2n) is 7.00. The number of amides is 1. The Morgan fingerprint density at radius 3 is 2.43 bits per heavy atom. The van der Waals surface area contributed by atoms with E-state index in [-0.39, 0.29) is 25.1 Å². The van der Waals surface area contributed by atoms with Gasteiger partial charge in [0.2, 0.25) is 5.91 Å². The van der Waals surface area contributed by atoms with Crippen LogP contribution in [-0.4, -0.2) is 25.0 Å². The fourth-order valence-corrected chi connectivity index (χ4v) is 4.05. The lowest BCUT2D eigenvalue weighted by Crippen LogP contribution is -2.30. The highest BCUT2D eigenvalue weighted by Crippen LogP contribution is 2.36. The van der Waals surface area contributed by atoms with E-state index in [1.807, 2.05) is 73.8 Å². The van der Waals surface area contributed by atoms with E-state index in [1.54, 1.807) is 6.92 Å². The van der Waals surface area contributed by atoms with E-state index in [2.05, 4.69) is 10.6 Å². The lowest BCUT2D eigenvalue weighted by Gasteiger charge is -2.14. The number of thiophene rings is 1. The van der Waals surface area contributed by atoms with E-state index in [1.165, 1.54) is 11.3 Å². The first-order chi connectivity index (χ1) is 14.5. The van der Waals surface area contributed by atoms with Crippen molar-refractivity contribution in [3.8, 4) is 11.1 Å². The minimum Gasteiger partial charge on any atom is -0.462 e. The Labute approximate surface area is 181 Å². The summed E-state index contributed by atoms with van der Waals surface area (Å²) in [4.78, 5) is 25.2. The number of ether oxygens (including phenoxy) is 1. The standard InChI is InChI=1S/C24H26N2O3S/c1-4-29-24(28)22-20(19-12-10-16(2)11-13-19)15-30-23(22)26-21(27)14-25-17(3)18-8-6-5-7-9-18/h5-13,15,17,25H,4,14H2,1-3H3,(H,26,27). The summed E-state index contributed by atoms with van der Waals surface area (Å²) in [5.74, 6) is -0.643. The lowest BCUT2D eigenvalue weighted by atomic mass is 10.0. The van der Waals surface area contributed by atoms with Gasteiger partial charge in [-0.3, -0.25) is 4.79 Å². The van der Waals surface area contributed by atoms with Gasteiger partial charge >= 0.3 is 5.97 Å². The summed E-state index contributed by atoms with van der Waals surface area (Å²) in [5.41, 5.74) is 4.32. The second kappa shape index (κ2) is 10.2. The summed E-state index contributed by atoms with van der Waals surface area (Å²) in [7, 11) is 0. The van der Waals surface area contributed by atoms with Crippen LogP contribution in [0.15, 0.2) is 60.0 Å². The summed E-state index contributed by atoms with van der Waals surface area (Å²) in [6.45, 7) is 6.19. The molecule has 156 valence electrons. The van der Waals surface area contributed by atoms with Crippen molar-refractivity contribution in [1.29, 1.82) is 0 Å². The van der Waals surface area contributed by atoms with Crippen molar-refractivity contribution < 1.29 is 14.3 Å². The molecular formula is C24H26N2O3S. The molecule has 2 N–H and O–H groups in total. The van der Waals surface area contributed by atoms with Crippen LogP contribution in [0, 0.1) is 6.92 Å². The molecule has 5 nitrogen and oxygen atoms in total. The zero-order valence-electron chi connectivity index (χ0n) is 17.4. The normalized spacial score (nSPS) is 11.7. The number of carbonyl (C=O) groups excluding carboxylic acids is 2. The first kappa shape index (κ1) is 21.7. The highest BCUT2D eigenvalue weighted by atomic mass is 32.1. The third-order valence-corrected chi connectivity index (χ3v) is 5.65. The smallest absolute Gasteiger partial charge is 0.341 e. The molecule has 0 radical (unpaired) electrons. The third-order valence-electron chi connectivity index (χ3n) is 4.75. The molecule has 0 bridgehead atoms. The zero-order valence-corrected chi connectivity index (χ0v) is 18.2. The van der Waals surface area contributed by atoms with Crippen molar-refractivity contribution in [1.82, 2.24) is 5.32 Å². The van der Waals surface area contributed by atoms with Crippen LogP contribution < -0.4 is 10.6 Å². The van der Waals surface area contributed by atoms with Crippen LogP contribution in [0.5, 0.6) is 0 Å². The fourth-order valence-electron chi connectivity index (χ4n) is 3.08. The van der Waals surface area contributed by atoms with E-state index < -0.39 is 5.97 Å². The highest BCUT2D eigenvalue weighted by Gasteiger charge is 2.23. The molecular weight excluding hydrogens is 396 g/mol. The molecule has 1 aromatic heterocycles. The van der Waals surface area contributed by atoms with Crippen LogP contribution in [-0.2, 0) is 9.53 Å².